The van der Waals surface area contributed by atoms with Crippen LogP contribution in [0.3, 0.4) is 0 Å². The molecule has 3 rings (SSSR count). The topological polar surface area (TPSA) is 54.2 Å². The molecule has 0 unspecified atom stereocenters. The zero-order chi connectivity index (χ0) is 14.2. The van der Waals surface area contributed by atoms with Gasteiger partial charge >= 0.3 is 0 Å². The fraction of sp³-hybridized carbons (Fsp3) is 0.467. The van der Waals surface area contributed by atoms with E-state index in [1.165, 1.54) is 5.56 Å². The number of likely N-dealkylation sites (tertiary alicyclic amines) is 1. The molecule has 0 bridgehead atoms. The summed E-state index contributed by atoms with van der Waals surface area (Å²) in [5.74, 6) is 0. The maximum Gasteiger partial charge on any atom is 0.114 e. The van der Waals surface area contributed by atoms with Gasteiger partial charge in [0.05, 0.1) is 12.2 Å². The molecule has 1 aromatic heterocycles. The Bertz CT molecular complexity index is 567. The first-order valence-electron chi connectivity index (χ1n) is 6.93. The number of hydrogen-bond acceptors (Lipinski definition) is 4. The Morgan fingerprint density at radius 1 is 1.25 bits per heavy atom. The van der Waals surface area contributed by atoms with E-state index in [9.17, 15) is 5.11 Å². The van der Waals surface area contributed by atoms with Crippen LogP contribution in [0.25, 0.3) is 0 Å². The predicted octanol–water partition coefficient (Wildman–Crippen LogP) is 1.56. The van der Waals surface area contributed by atoms with Crippen LogP contribution in [0.1, 0.15) is 31.1 Å². The number of hydrogen-bond donors (Lipinski definition) is 1. The van der Waals surface area contributed by atoms with Gasteiger partial charge in [0.25, 0.3) is 0 Å². The second-order valence-electron chi connectivity index (χ2n) is 5.98. The Morgan fingerprint density at radius 3 is 2.55 bits per heavy atom. The lowest BCUT2D eigenvalue weighted by Crippen LogP contribution is -2.47. The molecule has 1 fully saturated rings. The number of nitrogens with zero attached hydrogens (tertiary/aromatic N) is 4. The molecule has 1 aliphatic heterocycles. The SMILES string of the molecule is CC(C)(O)c1cn(C2CN(Cc3ccccc3)C2)nn1. The Labute approximate surface area is 118 Å². The number of aliphatic hydroxyl groups is 1. The quantitative estimate of drug-likeness (QED) is 0.918. The second kappa shape index (κ2) is 5.00. The van der Waals surface area contributed by atoms with E-state index in [0.717, 1.165) is 19.6 Å². The molecular weight excluding hydrogens is 252 g/mol. The normalized spacial score (nSPS) is 17.1. The number of rotatable bonds is 4. The standard InChI is InChI=1S/C15H20N4O/c1-15(2,20)14-11-19(17-16-14)13-9-18(10-13)8-12-6-4-3-5-7-12/h3-7,11,13,20H,8-10H2,1-2H3. The third kappa shape index (κ3) is 2.73. The van der Waals surface area contributed by atoms with Gasteiger partial charge in [-0.15, -0.1) is 5.10 Å². The van der Waals surface area contributed by atoms with Crippen molar-refractivity contribution in [2.45, 2.75) is 32.0 Å². The third-order valence-corrected chi connectivity index (χ3v) is 3.70. The van der Waals surface area contributed by atoms with E-state index < -0.39 is 5.60 Å². The monoisotopic (exact) mass is 272 g/mol. The average Bonchev–Trinajstić information content (AvgIpc) is 2.83. The molecule has 0 spiro atoms. The molecule has 1 aliphatic rings. The fourth-order valence-corrected chi connectivity index (χ4v) is 2.42. The Kier molecular flexibility index (Phi) is 3.31. The van der Waals surface area contributed by atoms with E-state index in [1.54, 1.807) is 13.8 Å². The first kappa shape index (κ1) is 13.3. The van der Waals surface area contributed by atoms with Crippen molar-refractivity contribution < 1.29 is 5.11 Å². The lowest BCUT2D eigenvalue weighted by Gasteiger charge is -2.38. The summed E-state index contributed by atoms with van der Waals surface area (Å²) in [6.45, 7) is 6.38. The molecule has 5 heteroatoms. The molecule has 1 N–H and O–H groups in total. The molecule has 0 saturated carbocycles. The number of benzene rings is 1. The van der Waals surface area contributed by atoms with Gasteiger partial charge in [-0.1, -0.05) is 35.5 Å². The minimum atomic E-state index is -0.925. The molecule has 1 aromatic carbocycles. The van der Waals surface area contributed by atoms with Crippen LogP contribution in [-0.4, -0.2) is 38.1 Å². The smallest absolute Gasteiger partial charge is 0.114 e. The maximum absolute atomic E-state index is 9.90. The molecule has 0 radical (unpaired) electrons. The molecule has 1 saturated heterocycles. The van der Waals surface area contributed by atoms with Gasteiger partial charge < -0.3 is 5.11 Å². The highest BCUT2D eigenvalue weighted by atomic mass is 16.3. The average molecular weight is 272 g/mol. The van der Waals surface area contributed by atoms with Crippen LogP contribution in [0.4, 0.5) is 0 Å². The molecule has 0 amide bonds. The van der Waals surface area contributed by atoms with Crippen LogP contribution in [0.5, 0.6) is 0 Å². The maximum atomic E-state index is 9.90. The molecule has 106 valence electrons. The van der Waals surface area contributed by atoms with Crippen LogP contribution in [0.15, 0.2) is 36.5 Å². The van der Waals surface area contributed by atoms with Crippen molar-refractivity contribution in [2.75, 3.05) is 13.1 Å². The van der Waals surface area contributed by atoms with Gasteiger partial charge in [-0.05, 0) is 19.4 Å². The second-order valence-corrected chi connectivity index (χ2v) is 5.98. The van der Waals surface area contributed by atoms with Crippen molar-refractivity contribution in [1.29, 1.82) is 0 Å². The number of aromatic nitrogens is 3. The van der Waals surface area contributed by atoms with Crippen LogP contribution >= 0.6 is 0 Å². The van der Waals surface area contributed by atoms with Crippen molar-refractivity contribution in [3.05, 3.63) is 47.8 Å². The predicted molar refractivity (Wildman–Crippen MR) is 76.0 cm³/mol. The van der Waals surface area contributed by atoms with Gasteiger partial charge in [0.2, 0.25) is 0 Å². The van der Waals surface area contributed by atoms with Gasteiger partial charge in [0.1, 0.15) is 11.3 Å². The zero-order valence-electron chi connectivity index (χ0n) is 11.9. The minimum absolute atomic E-state index is 0.363. The van der Waals surface area contributed by atoms with E-state index in [0.29, 0.717) is 11.7 Å². The summed E-state index contributed by atoms with van der Waals surface area (Å²) in [4.78, 5) is 2.38. The van der Waals surface area contributed by atoms with Gasteiger partial charge in [-0.3, -0.25) is 4.90 Å². The highest BCUT2D eigenvalue weighted by Gasteiger charge is 2.30. The summed E-state index contributed by atoms with van der Waals surface area (Å²) in [6.07, 6.45) is 1.85. The van der Waals surface area contributed by atoms with Crippen molar-refractivity contribution in [1.82, 2.24) is 19.9 Å². The summed E-state index contributed by atoms with van der Waals surface area (Å²) in [7, 11) is 0. The van der Waals surface area contributed by atoms with Gasteiger partial charge in [-0.25, -0.2) is 4.68 Å². The summed E-state index contributed by atoms with van der Waals surface area (Å²) in [6, 6.07) is 10.8. The zero-order valence-corrected chi connectivity index (χ0v) is 11.9. The Morgan fingerprint density at radius 2 is 1.95 bits per heavy atom. The molecule has 5 nitrogen and oxygen atoms in total. The van der Waals surface area contributed by atoms with Crippen molar-refractivity contribution in [3.63, 3.8) is 0 Å². The summed E-state index contributed by atoms with van der Waals surface area (Å²) >= 11 is 0. The fourth-order valence-electron chi connectivity index (χ4n) is 2.42. The van der Waals surface area contributed by atoms with Crippen LogP contribution < -0.4 is 0 Å². The lowest BCUT2D eigenvalue weighted by molar-refractivity contribution is 0.0731. The first-order chi connectivity index (χ1) is 9.52. The molecular formula is C15H20N4O. The van der Waals surface area contributed by atoms with Gasteiger partial charge in [0.15, 0.2) is 0 Å². The van der Waals surface area contributed by atoms with E-state index in [-0.39, 0.29) is 0 Å². The van der Waals surface area contributed by atoms with Crippen LogP contribution in [0.2, 0.25) is 0 Å². The highest BCUT2D eigenvalue weighted by Crippen LogP contribution is 2.24. The van der Waals surface area contributed by atoms with Crippen molar-refractivity contribution in [2.24, 2.45) is 0 Å². The third-order valence-electron chi connectivity index (χ3n) is 3.70. The summed E-state index contributed by atoms with van der Waals surface area (Å²) in [5.41, 5.74) is 1.03. The van der Waals surface area contributed by atoms with Crippen LogP contribution in [0, 0.1) is 0 Å². The van der Waals surface area contributed by atoms with Crippen molar-refractivity contribution in [3.8, 4) is 0 Å². The molecule has 0 aliphatic carbocycles. The van der Waals surface area contributed by atoms with Gasteiger partial charge in [0, 0.05) is 19.6 Å². The highest BCUT2D eigenvalue weighted by molar-refractivity contribution is 5.15. The summed E-state index contributed by atoms with van der Waals surface area (Å²) < 4.78 is 1.87. The largest absolute Gasteiger partial charge is 0.384 e. The van der Waals surface area contributed by atoms with E-state index >= 15 is 0 Å². The molecule has 2 heterocycles. The lowest BCUT2D eigenvalue weighted by atomic mass is 10.1. The van der Waals surface area contributed by atoms with E-state index in [4.69, 9.17) is 0 Å². The Balaban J connectivity index is 1.57. The Hall–Kier alpha value is -1.72. The first-order valence-corrected chi connectivity index (χ1v) is 6.93. The van der Waals surface area contributed by atoms with Gasteiger partial charge in [-0.2, -0.15) is 0 Å². The van der Waals surface area contributed by atoms with E-state index in [2.05, 4.69) is 39.5 Å². The van der Waals surface area contributed by atoms with Crippen molar-refractivity contribution >= 4 is 0 Å². The molecule has 20 heavy (non-hydrogen) atoms. The summed E-state index contributed by atoms with van der Waals surface area (Å²) in [5, 5.41) is 18.1. The minimum Gasteiger partial charge on any atom is -0.384 e. The molecule has 2 aromatic rings. The molecule has 0 atom stereocenters. The van der Waals surface area contributed by atoms with Crippen LogP contribution in [-0.2, 0) is 12.1 Å². The van der Waals surface area contributed by atoms with E-state index in [1.807, 2.05) is 16.9 Å².